The van der Waals surface area contributed by atoms with Gasteiger partial charge in [0.25, 0.3) is 6.43 Å². The Morgan fingerprint density at radius 2 is 1.91 bits per heavy atom. The van der Waals surface area contributed by atoms with Crippen LogP contribution < -0.4 is 15.0 Å². The molecule has 0 fully saturated rings. The molecule has 2 aromatic carbocycles. The molecule has 0 aliphatic rings. The number of aromatic nitrogens is 6. The molecule has 0 aliphatic heterocycles. The lowest BCUT2D eigenvalue weighted by atomic mass is 10.2. The number of rotatable bonds is 7. The summed E-state index contributed by atoms with van der Waals surface area (Å²) in [6.45, 7) is 1.47. The van der Waals surface area contributed by atoms with Crippen LogP contribution in [0.5, 0.6) is 11.5 Å². The van der Waals surface area contributed by atoms with Gasteiger partial charge >= 0.3 is 0 Å². The molecule has 0 aliphatic carbocycles. The van der Waals surface area contributed by atoms with E-state index in [0.29, 0.717) is 28.4 Å². The first-order valence-corrected chi connectivity index (χ1v) is 10.8. The fourth-order valence-corrected chi connectivity index (χ4v) is 3.69. The van der Waals surface area contributed by atoms with Crippen molar-refractivity contribution >= 4 is 39.5 Å². The Morgan fingerprint density at radius 3 is 2.71 bits per heavy atom. The minimum Gasteiger partial charge on any atom is -0.457 e. The van der Waals surface area contributed by atoms with E-state index in [1.807, 2.05) is 54.9 Å². The summed E-state index contributed by atoms with van der Waals surface area (Å²) in [4.78, 5) is 22.7. The van der Waals surface area contributed by atoms with Gasteiger partial charge in [0.2, 0.25) is 5.95 Å². The van der Waals surface area contributed by atoms with Gasteiger partial charge in [0.05, 0.1) is 30.1 Å². The average molecular weight is 476 g/mol. The first-order valence-electron chi connectivity index (χ1n) is 10.8. The molecule has 0 amide bonds. The molecule has 0 saturated heterocycles. The summed E-state index contributed by atoms with van der Waals surface area (Å²) < 4.78 is 33.6. The van der Waals surface area contributed by atoms with Crippen LogP contribution in [0.1, 0.15) is 5.56 Å². The van der Waals surface area contributed by atoms with Crippen molar-refractivity contribution < 1.29 is 13.5 Å². The van der Waals surface area contributed by atoms with Gasteiger partial charge in [-0.1, -0.05) is 0 Å². The second-order valence-electron chi connectivity index (χ2n) is 8.11. The van der Waals surface area contributed by atoms with E-state index in [4.69, 9.17) is 4.74 Å². The lowest BCUT2D eigenvalue weighted by Gasteiger charge is -2.17. The number of ether oxygens (including phenoxy) is 1. The van der Waals surface area contributed by atoms with E-state index in [9.17, 15) is 8.78 Å². The molecule has 1 N–H and O–H groups in total. The highest BCUT2D eigenvalue weighted by Crippen LogP contribution is 2.31. The summed E-state index contributed by atoms with van der Waals surface area (Å²) in [5.74, 6) is 2.01. The minimum atomic E-state index is -2.50. The molecule has 11 heteroatoms. The summed E-state index contributed by atoms with van der Waals surface area (Å²) in [6.07, 6.45) is 2.15. The van der Waals surface area contributed by atoms with Crippen molar-refractivity contribution in [3.8, 4) is 11.5 Å². The van der Waals surface area contributed by atoms with E-state index in [-0.39, 0.29) is 5.95 Å². The van der Waals surface area contributed by atoms with Gasteiger partial charge in [-0.25, -0.2) is 33.7 Å². The number of benzene rings is 2. The highest BCUT2D eigenvalue weighted by Gasteiger charge is 2.14. The molecule has 0 radical (unpaired) electrons. The number of anilines is 3. The summed E-state index contributed by atoms with van der Waals surface area (Å²) in [7, 11) is 3.46. The van der Waals surface area contributed by atoms with Gasteiger partial charge in [-0.05, 0) is 42.8 Å². The van der Waals surface area contributed by atoms with Crippen molar-refractivity contribution in [1.82, 2.24) is 29.5 Å². The summed E-state index contributed by atoms with van der Waals surface area (Å²) in [5.41, 5.74) is 4.48. The van der Waals surface area contributed by atoms with Crippen LogP contribution in [-0.2, 0) is 7.05 Å². The highest BCUT2D eigenvalue weighted by molar-refractivity contribution is 5.87. The second kappa shape index (κ2) is 9.09. The van der Waals surface area contributed by atoms with Crippen LogP contribution >= 0.6 is 0 Å². The molecule has 9 nitrogen and oxygen atoms in total. The number of hydrogen-bond acceptors (Lipinski definition) is 8. The van der Waals surface area contributed by atoms with Crippen LogP contribution in [0.2, 0.25) is 0 Å². The lowest BCUT2D eigenvalue weighted by Crippen LogP contribution is -2.25. The van der Waals surface area contributed by atoms with Gasteiger partial charge in [0.1, 0.15) is 28.9 Å². The van der Waals surface area contributed by atoms with Crippen LogP contribution in [0.25, 0.3) is 22.1 Å². The van der Waals surface area contributed by atoms with Gasteiger partial charge in [0, 0.05) is 25.8 Å². The van der Waals surface area contributed by atoms with Crippen molar-refractivity contribution in [3.63, 3.8) is 0 Å². The van der Waals surface area contributed by atoms with Crippen molar-refractivity contribution in [2.45, 2.75) is 13.3 Å². The number of alkyl halides is 2. The fraction of sp³-hybridized carbons (Fsp3) is 0.208. The van der Waals surface area contributed by atoms with Gasteiger partial charge in [-0.3, -0.25) is 0 Å². The first-order chi connectivity index (χ1) is 16.9. The van der Waals surface area contributed by atoms with Crippen molar-refractivity contribution in [2.24, 2.45) is 7.05 Å². The SMILES string of the molecule is Cc1cc(Nc2ncnc3cnc(N(C)CC(F)F)nc23)ccc1Oc1ccc2c(c1)ncn2C. The van der Waals surface area contributed by atoms with E-state index in [1.54, 1.807) is 6.33 Å². The smallest absolute Gasteiger partial charge is 0.255 e. The number of nitrogens with zero attached hydrogens (tertiary/aromatic N) is 7. The highest BCUT2D eigenvalue weighted by atomic mass is 19.3. The predicted octanol–water partition coefficient (Wildman–Crippen LogP) is 4.85. The summed E-state index contributed by atoms with van der Waals surface area (Å²) in [5, 5.41) is 3.24. The molecule has 3 heterocycles. The maximum Gasteiger partial charge on any atom is 0.255 e. The zero-order valence-corrected chi connectivity index (χ0v) is 19.3. The van der Waals surface area contributed by atoms with Gasteiger partial charge in [-0.2, -0.15) is 0 Å². The largest absolute Gasteiger partial charge is 0.457 e. The molecule has 0 atom stereocenters. The Labute approximate surface area is 199 Å². The molecule has 3 aromatic heterocycles. The van der Waals surface area contributed by atoms with Gasteiger partial charge in [0.15, 0.2) is 5.82 Å². The maximum absolute atomic E-state index is 12.8. The third kappa shape index (κ3) is 4.65. The number of hydrogen-bond donors (Lipinski definition) is 1. The normalized spacial score (nSPS) is 11.4. The third-order valence-electron chi connectivity index (χ3n) is 5.48. The van der Waals surface area contributed by atoms with Crippen molar-refractivity contribution in [1.29, 1.82) is 0 Å². The van der Waals surface area contributed by atoms with Crippen LogP contribution in [0.3, 0.4) is 0 Å². The Balaban J connectivity index is 1.39. The number of halogens is 2. The predicted molar refractivity (Wildman–Crippen MR) is 130 cm³/mol. The Morgan fingerprint density at radius 1 is 1.06 bits per heavy atom. The van der Waals surface area contributed by atoms with Crippen LogP contribution in [0, 0.1) is 6.92 Å². The molecule has 178 valence electrons. The summed E-state index contributed by atoms with van der Waals surface area (Å²) >= 11 is 0. The molecule has 5 aromatic rings. The quantitative estimate of drug-likeness (QED) is 0.356. The van der Waals surface area contributed by atoms with Crippen molar-refractivity contribution in [2.75, 3.05) is 23.8 Å². The van der Waals surface area contributed by atoms with Crippen molar-refractivity contribution in [3.05, 3.63) is 60.8 Å². The second-order valence-corrected chi connectivity index (χ2v) is 8.11. The Hall–Kier alpha value is -4.41. The van der Waals surface area contributed by atoms with E-state index in [2.05, 4.69) is 30.2 Å². The van der Waals surface area contributed by atoms with E-state index < -0.39 is 13.0 Å². The standard InChI is InChI=1S/C24H22F2N8O/c1-14-8-15(4-7-20(14)35-16-5-6-19-17(9-16)30-13-34(19)3)31-23-22-18(28-12-29-23)10-27-24(32-22)33(2)11-21(25)26/h4-10,12-13,21H,11H2,1-3H3,(H,28,29,31). The number of aryl methyl sites for hydroxylation is 2. The number of nitrogens with one attached hydrogen (secondary N) is 1. The minimum absolute atomic E-state index is 0.167. The monoisotopic (exact) mass is 476 g/mol. The molecule has 0 unspecified atom stereocenters. The Bertz CT molecular complexity index is 1520. The zero-order valence-electron chi connectivity index (χ0n) is 19.3. The van der Waals surface area contributed by atoms with Gasteiger partial charge < -0.3 is 19.5 Å². The van der Waals surface area contributed by atoms with Crippen LogP contribution in [0.4, 0.5) is 26.2 Å². The molecule has 0 spiro atoms. The molecular weight excluding hydrogens is 454 g/mol. The van der Waals surface area contributed by atoms with Crippen LogP contribution in [0.15, 0.2) is 55.2 Å². The maximum atomic E-state index is 12.8. The Kier molecular flexibility index (Phi) is 5.81. The lowest BCUT2D eigenvalue weighted by molar-refractivity contribution is 0.156. The van der Waals surface area contributed by atoms with E-state index in [0.717, 1.165) is 22.3 Å². The molecule has 0 saturated carbocycles. The molecular formula is C24H22F2N8O. The average Bonchev–Trinajstić information content (AvgIpc) is 3.20. The number of fused-ring (bicyclic) bond motifs is 2. The third-order valence-corrected chi connectivity index (χ3v) is 5.48. The molecule has 35 heavy (non-hydrogen) atoms. The fourth-order valence-electron chi connectivity index (χ4n) is 3.69. The van der Waals surface area contributed by atoms with Gasteiger partial charge in [-0.15, -0.1) is 0 Å². The number of imidazole rings is 1. The topological polar surface area (TPSA) is 93.9 Å². The summed E-state index contributed by atoms with van der Waals surface area (Å²) in [6, 6.07) is 11.4. The van der Waals surface area contributed by atoms with E-state index in [1.165, 1.54) is 24.5 Å². The molecule has 5 rings (SSSR count). The first kappa shape index (κ1) is 22.4. The van der Waals surface area contributed by atoms with Crippen LogP contribution in [-0.4, -0.2) is 49.5 Å². The molecule has 0 bridgehead atoms. The van der Waals surface area contributed by atoms with E-state index >= 15 is 0 Å². The zero-order chi connectivity index (χ0) is 24.5.